The summed E-state index contributed by atoms with van der Waals surface area (Å²) in [5.41, 5.74) is 0.616. The summed E-state index contributed by atoms with van der Waals surface area (Å²) in [5, 5.41) is 7.89. The molecule has 0 amide bonds. The van der Waals surface area contributed by atoms with Gasteiger partial charge in [-0.15, -0.1) is 0 Å². The first-order valence-electron chi connectivity index (χ1n) is 18.8. The maximum atomic E-state index is 11.9. The third-order valence-electron chi connectivity index (χ3n) is 5.82. The van der Waals surface area contributed by atoms with Crippen LogP contribution >= 0.6 is 0 Å². The maximum absolute atomic E-state index is 11.9. The van der Waals surface area contributed by atoms with Gasteiger partial charge >= 0.3 is 60.3 Å². The van der Waals surface area contributed by atoms with E-state index in [1.165, 1.54) is 27.7 Å². The third kappa shape index (κ3) is 47.6. The van der Waals surface area contributed by atoms with E-state index in [-0.39, 0.29) is 34.2 Å². The van der Waals surface area contributed by atoms with Gasteiger partial charge in [-0.05, 0) is 89.5 Å². The molecule has 0 aliphatic carbocycles. The van der Waals surface area contributed by atoms with Gasteiger partial charge in [-0.1, -0.05) is 52.8 Å². The summed E-state index contributed by atoms with van der Waals surface area (Å²) in [5.74, 6) is -5.73. The number of unbranched alkanes of at least 4 members (excludes halogenated alkanes) is 1. The highest BCUT2D eigenvalue weighted by Gasteiger charge is 2.40. The minimum Gasteiger partial charge on any atom is -0.478 e. The van der Waals surface area contributed by atoms with Crippen molar-refractivity contribution >= 4 is 41.8 Å². The molecule has 0 fully saturated rings. The molecule has 66 heavy (non-hydrogen) atoms. The fourth-order valence-corrected chi connectivity index (χ4v) is 2.00. The van der Waals surface area contributed by atoms with Crippen LogP contribution in [-0.4, -0.2) is 103 Å². The summed E-state index contributed by atoms with van der Waals surface area (Å²) >= 11 is 0. The zero-order valence-corrected chi connectivity index (χ0v) is 39.5. The molecular formula is C43H63F9O14. The minimum atomic E-state index is -4.63. The lowest BCUT2D eigenvalue weighted by molar-refractivity contribution is -0.218. The van der Waals surface area contributed by atoms with Crippen LogP contribution in [0.1, 0.15) is 103 Å². The second-order valence-corrected chi connectivity index (χ2v) is 14.4. The van der Waals surface area contributed by atoms with E-state index in [4.69, 9.17) is 14.6 Å². The summed E-state index contributed by atoms with van der Waals surface area (Å²) in [7, 11) is 0. The molecule has 0 aromatic rings. The standard InChI is InChI=1S/C9H11F3O4.2C8H14O2.2C7H9F3O2.C4H6O2/c1-5(2)8(14)15-4-7(13)16-6(3)9(10,11)12;1-6(2)7(9)10-8(3,4)5;1-4-5-6-10-8(9)7(2)3;2*1-4(2)6(11)12-5(3)7(8,9)10;1-3(2)4(5)6/h6H,1,4H2,2-3H3;1H2,2-5H3;2,4-6H2,1,3H3;2*5H,1H2,2-3H3;1H2,2H3,(H,5,6). The van der Waals surface area contributed by atoms with Gasteiger partial charge in [0.2, 0.25) is 0 Å². The van der Waals surface area contributed by atoms with E-state index >= 15 is 0 Å². The number of rotatable bonds is 14. The van der Waals surface area contributed by atoms with Crippen molar-refractivity contribution in [3.63, 3.8) is 0 Å². The number of carbonyl (C=O) groups excluding carboxylic acids is 6. The molecule has 0 spiro atoms. The molecule has 3 atom stereocenters. The van der Waals surface area contributed by atoms with Crippen molar-refractivity contribution in [3.05, 3.63) is 72.9 Å². The monoisotopic (exact) mass is 974 g/mol. The Morgan fingerprint density at radius 3 is 0.970 bits per heavy atom. The summed E-state index contributed by atoms with van der Waals surface area (Å²) in [6.07, 6.45) is -18.1. The van der Waals surface area contributed by atoms with Gasteiger partial charge in [-0.2, -0.15) is 39.5 Å². The Kier molecular flexibility index (Phi) is 37.4. The molecule has 0 aliphatic rings. The molecule has 0 radical (unpaired) electrons. The molecule has 0 aliphatic heterocycles. The van der Waals surface area contributed by atoms with Gasteiger partial charge < -0.3 is 33.5 Å². The van der Waals surface area contributed by atoms with Crippen molar-refractivity contribution in [2.75, 3.05) is 13.2 Å². The Hall–Kier alpha value is -5.90. The Labute approximate surface area is 379 Å². The van der Waals surface area contributed by atoms with Crippen molar-refractivity contribution in [1.29, 1.82) is 0 Å². The number of hydrogen-bond donors (Lipinski definition) is 1. The van der Waals surface area contributed by atoms with Crippen molar-refractivity contribution in [3.8, 4) is 0 Å². The average Bonchev–Trinajstić information content (AvgIpc) is 3.12. The van der Waals surface area contributed by atoms with Crippen molar-refractivity contribution in [2.24, 2.45) is 0 Å². The largest absolute Gasteiger partial charge is 0.478 e. The average molecular weight is 975 g/mol. The molecule has 23 heteroatoms. The first-order valence-corrected chi connectivity index (χ1v) is 18.8. The molecule has 0 saturated carbocycles. The number of halogens is 9. The highest BCUT2D eigenvalue weighted by molar-refractivity contribution is 5.89. The Morgan fingerprint density at radius 2 is 0.758 bits per heavy atom. The van der Waals surface area contributed by atoms with Gasteiger partial charge in [0.05, 0.1) is 6.61 Å². The van der Waals surface area contributed by atoms with Crippen molar-refractivity contribution < 1.29 is 107 Å². The molecule has 0 heterocycles. The highest BCUT2D eigenvalue weighted by Crippen LogP contribution is 2.24. The first-order chi connectivity index (χ1) is 29.3. The van der Waals surface area contributed by atoms with Gasteiger partial charge in [0.15, 0.2) is 24.9 Å². The molecule has 0 aromatic carbocycles. The summed E-state index contributed by atoms with van der Waals surface area (Å²) in [6, 6.07) is 0. The molecular weight excluding hydrogens is 911 g/mol. The molecule has 1 N–H and O–H groups in total. The van der Waals surface area contributed by atoms with E-state index in [1.807, 2.05) is 20.8 Å². The van der Waals surface area contributed by atoms with Gasteiger partial charge in [0.25, 0.3) is 0 Å². The summed E-state index contributed by atoms with van der Waals surface area (Å²) in [4.78, 5) is 73.9. The Balaban J connectivity index is -0.000000167. The summed E-state index contributed by atoms with van der Waals surface area (Å²) in [6.45, 7) is 37.6. The molecule has 0 rings (SSSR count). The van der Waals surface area contributed by atoms with E-state index in [9.17, 15) is 73.1 Å². The van der Waals surface area contributed by atoms with Crippen LogP contribution in [0.15, 0.2) is 72.9 Å². The van der Waals surface area contributed by atoms with E-state index in [1.54, 1.807) is 13.8 Å². The first kappa shape index (κ1) is 71.7. The number of hydrogen-bond acceptors (Lipinski definition) is 13. The normalized spacial score (nSPS) is 11.8. The molecule has 14 nitrogen and oxygen atoms in total. The topological polar surface area (TPSA) is 195 Å². The molecule has 0 saturated heterocycles. The fraction of sp³-hybridized carbons (Fsp3) is 0.558. The predicted molar refractivity (Wildman–Crippen MR) is 224 cm³/mol. The van der Waals surface area contributed by atoms with Crippen LogP contribution < -0.4 is 0 Å². The third-order valence-corrected chi connectivity index (χ3v) is 5.82. The minimum absolute atomic E-state index is 0.0386. The van der Waals surface area contributed by atoms with Crippen LogP contribution in [0, 0.1) is 0 Å². The zero-order chi connectivity index (χ0) is 54.3. The Bertz CT molecular complexity index is 1610. The zero-order valence-electron chi connectivity index (χ0n) is 39.5. The van der Waals surface area contributed by atoms with Gasteiger partial charge in [-0.25, -0.2) is 33.6 Å². The van der Waals surface area contributed by atoms with Crippen LogP contribution in [0.3, 0.4) is 0 Å². The van der Waals surface area contributed by atoms with Crippen LogP contribution in [0.4, 0.5) is 39.5 Å². The van der Waals surface area contributed by atoms with Crippen molar-refractivity contribution in [2.45, 2.75) is 145 Å². The number of carbonyl (C=O) groups is 7. The van der Waals surface area contributed by atoms with Gasteiger partial charge in [0, 0.05) is 33.4 Å². The van der Waals surface area contributed by atoms with E-state index in [0.717, 1.165) is 26.7 Å². The lowest BCUT2D eigenvalue weighted by atomic mass is 10.2. The van der Waals surface area contributed by atoms with Gasteiger partial charge in [0.1, 0.15) is 5.60 Å². The second-order valence-electron chi connectivity index (χ2n) is 14.4. The molecule has 382 valence electrons. The maximum Gasteiger partial charge on any atom is 0.425 e. The lowest BCUT2D eigenvalue weighted by Crippen LogP contribution is -2.32. The van der Waals surface area contributed by atoms with Crippen LogP contribution in [-0.2, 0) is 62.0 Å². The van der Waals surface area contributed by atoms with Crippen LogP contribution in [0.5, 0.6) is 0 Å². The smallest absolute Gasteiger partial charge is 0.425 e. The Morgan fingerprint density at radius 1 is 0.485 bits per heavy atom. The SMILES string of the molecule is C=C(C)C(=O)O.C=C(C)C(=O)OC(C)(C)C.C=C(C)C(=O)OC(C)C(F)(F)F.C=C(C)C(=O)OC(C)C(F)(F)F.C=C(C)C(=O)OCC(=O)OC(C)C(F)(F)F.C=C(C)C(=O)OCCCC. The van der Waals surface area contributed by atoms with Crippen molar-refractivity contribution in [1.82, 2.24) is 0 Å². The van der Waals surface area contributed by atoms with Gasteiger partial charge in [-0.3, -0.25) is 0 Å². The molecule has 0 aromatic heterocycles. The number of carboxylic acid groups (broad SMARTS) is 1. The number of ether oxygens (including phenoxy) is 6. The quantitative estimate of drug-likeness (QED) is 0.0568. The van der Waals surface area contributed by atoms with E-state index in [2.05, 4.69) is 65.3 Å². The predicted octanol–water partition coefficient (Wildman–Crippen LogP) is 10.2. The fourth-order valence-electron chi connectivity index (χ4n) is 2.00. The second kappa shape index (κ2) is 34.4. The lowest BCUT2D eigenvalue weighted by Gasteiger charge is -2.19. The van der Waals surface area contributed by atoms with Crippen LogP contribution in [0.25, 0.3) is 0 Å². The number of carboxylic acids is 1. The van der Waals surface area contributed by atoms with E-state index < -0.39 is 78.9 Å². The highest BCUT2D eigenvalue weighted by atomic mass is 19.4. The van der Waals surface area contributed by atoms with Crippen LogP contribution in [0.2, 0.25) is 0 Å². The number of aliphatic carboxylic acids is 1. The summed E-state index contributed by atoms with van der Waals surface area (Å²) < 4.78 is 132. The molecule has 0 bridgehead atoms. The van der Waals surface area contributed by atoms with E-state index in [0.29, 0.717) is 24.7 Å². The number of esters is 6. The number of alkyl halides is 9. The molecule has 3 unspecified atom stereocenters.